The number of aryl methyl sites for hydroxylation is 1. The quantitative estimate of drug-likeness (QED) is 0.731. The van der Waals surface area contributed by atoms with E-state index in [1.165, 1.54) is 22.1 Å². The molecule has 1 amide bonds. The van der Waals surface area contributed by atoms with Crippen LogP contribution in [-0.4, -0.2) is 17.4 Å². The summed E-state index contributed by atoms with van der Waals surface area (Å²) in [6.07, 6.45) is 2.57. The van der Waals surface area contributed by atoms with Crippen molar-refractivity contribution in [2.75, 3.05) is 6.54 Å². The number of hydrogen-bond donors (Lipinski definition) is 2. The van der Waals surface area contributed by atoms with E-state index in [9.17, 15) is 4.79 Å². The lowest BCUT2D eigenvalue weighted by molar-refractivity contribution is -0.120. The second-order valence-electron chi connectivity index (χ2n) is 5.91. The van der Waals surface area contributed by atoms with E-state index in [1.807, 2.05) is 13.0 Å². The molecule has 0 radical (unpaired) electrons. The van der Waals surface area contributed by atoms with Crippen molar-refractivity contribution in [3.05, 3.63) is 71.4 Å². The van der Waals surface area contributed by atoms with Gasteiger partial charge in [0.2, 0.25) is 5.91 Å². The number of carbonyl (C=O) groups is 1. The zero-order valence-electron chi connectivity index (χ0n) is 13.6. The fourth-order valence-electron chi connectivity index (χ4n) is 2.93. The minimum atomic E-state index is 0.0851. The molecule has 23 heavy (non-hydrogen) atoms. The Morgan fingerprint density at radius 1 is 1.13 bits per heavy atom. The molecule has 0 fully saturated rings. The van der Waals surface area contributed by atoms with E-state index in [0.29, 0.717) is 13.0 Å². The highest BCUT2D eigenvalue weighted by atomic mass is 16.1. The minimum Gasteiger partial charge on any atom is -0.361 e. The SMILES string of the molecule is CCC(=O)NCC(c1ccc(C)cc1)c1c[nH]c2ccccc12. The predicted molar refractivity (Wildman–Crippen MR) is 94.6 cm³/mol. The lowest BCUT2D eigenvalue weighted by Crippen LogP contribution is -2.28. The highest BCUT2D eigenvalue weighted by Gasteiger charge is 2.18. The summed E-state index contributed by atoms with van der Waals surface area (Å²) in [6, 6.07) is 16.8. The zero-order chi connectivity index (χ0) is 16.2. The number of para-hydroxylation sites is 1. The van der Waals surface area contributed by atoms with Crippen LogP contribution in [0.15, 0.2) is 54.7 Å². The maximum atomic E-state index is 11.7. The number of rotatable bonds is 5. The van der Waals surface area contributed by atoms with Crippen LogP contribution in [0.2, 0.25) is 0 Å². The van der Waals surface area contributed by atoms with E-state index in [4.69, 9.17) is 0 Å². The van der Waals surface area contributed by atoms with Gasteiger partial charge in [0.05, 0.1) is 0 Å². The van der Waals surface area contributed by atoms with Gasteiger partial charge in [0.1, 0.15) is 0 Å². The summed E-state index contributed by atoms with van der Waals surface area (Å²) in [7, 11) is 0. The molecule has 0 aliphatic rings. The molecule has 0 aliphatic heterocycles. The average Bonchev–Trinajstić information content (AvgIpc) is 3.00. The van der Waals surface area contributed by atoms with Crippen LogP contribution in [0, 0.1) is 6.92 Å². The van der Waals surface area contributed by atoms with Gasteiger partial charge < -0.3 is 10.3 Å². The summed E-state index contributed by atoms with van der Waals surface area (Å²) in [5.41, 5.74) is 4.81. The van der Waals surface area contributed by atoms with E-state index in [-0.39, 0.29) is 11.8 Å². The van der Waals surface area contributed by atoms with Gasteiger partial charge in [-0.2, -0.15) is 0 Å². The maximum absolute atomic E-state index is 11.7. The lowest BCUT2D eigenvalue weighted by Gasteiger charge is -2.18. The molecule has 2 N–H and O–H groups in total. The van der Waals surface area contributed by atoms with Gasteiger partial charge >= 0.3 is 0 Å². The number of carbonyl (C=O) groups excluding carboxylic acids is 1. The molecule has 2 aromatic carbocycles. The van der Waals surface area contributed by atoms with E-state index in [2.05, 4.69) is 65.9 Å². The highest BCUT2D eigenvalue weighted by Crippen LogP contribution is 2.30. The zero-order valence-corrected chi connectivity index (χ0v) is 13.6. The number of aromatic nitrogens is 1. The van der Waals surface area contributed by atoms with Gasteiger partial charge in [-0.3, -0.25) is 4.79 Å². The van der Waals surface area contributed by atoms with Crippen molar-refractivity contribution >= 4 is 16.8 Å². The van der Waals surface area contributed by atoms with E-state index in [0.717, 1.165) is 5.52 Å². The van der Waals surface area contributed by atoms with Crippen molar-refractivity contribution in [1.29, 1.82) is 0 Å². The Balaban J connectivity index is 2.00. The van der Waals surface area contributed by atoms with Crippen LogP contribution in [0.25, 0.3) is 10.9 Å². The van der Waals surface area contributed by atoms with Crippen molar-refractivity contribution in [3.8, 4) is 0 Å². The predicted octanol–water partition coefficient (Wildman–Crippen LogP) is 4.13. The van der Waals surface area contributed by atoms with Gasteiger partial charge in [-0.25, -0.2) is 0 Å². The first-order valence-electron chi connectivity index (χ1n) is 8.08. The van der Waals surface area contributed by atoms with Gasteiger partial charge in [0.25, 0.3) is 0 Å². The average molecular weight is 306 g/mol. The van der Waals surface area contributed by atoms with Crippen LogP contribution in [0.1, 0.15) is 36.0 Å². The Morgan fingerprint density at radius 3 is 2.61 bits per heavy atom. The molecule has 0 aliphatic carbocycles. The Bertz CT molecular complexity index is 802. The first-order valence-corrected chi connectivity index (χ1v) is 8.08. The molecule has 3 heteroatoms. The third-order valence-corrected chi connectivity index (χ3v) is 4.30. The molecule has 3 aromatic rings. The van der Waals surface area contributed by atoms with Crippen LogP contribution in [0.3, 0.4) is 0 Å². The number of benzene rings is 2. The second kappa shape index (κ2) is 6.69. The fourth-order valence-corrected chi connectivity index (χ4v) is 2.93. The summed E-state index contributed by atoms with van der Waals surface area (Å²) >= 11 is 0. The minimum absolute atomic E-state index is 0.0851. The third kappa shape index (κ3) is 3.29. The van der Waals surface area contributed by atoms with Crippen molar-refractivity contribution in [2.45, 2.75) is 26.2 Å². The van der Waals surface area contributed by atoms with Crippen LogP contribution in [-0.2, 0) is 4.79 Å². The molecule has 0 spiro atoms. The molecule has 3 nitrogen and oxygen atoms in total. The number of hydrogen-bond acceptors (Lipinski definition) is 1. The van der Waals surface area contributed by atoms with Gasteiger partial charge in [-0.05, 0) is 24.1 Å². The van der Waals surface area contributed by atoms with E-state index < -0.39 is 0 Å². The fraction of sp³-hybridized carbons (Fsp3) is 0.250. The molecule has 1 heterocycles. The smallest absolute Gasteiger partial charge is 0.219 e. The molecule has 1 unspecified atom stereocenters. The summed E-state index contributed by atoms with van der Waals surface area (Å²) < 4.78 is 0. The second-order valence-corrected chi connectivity index (χ2v) is 5.91. The molecule has 118 valence electrons. The van der Waals surface area contributed by atoms with Crippen molar-refractivity contribution < 1.29 is 4.79 Å². The molecule has 0 saturated carbocycles. The summed E-state index contributed by atoms with van der Waals surface area (Å²) in [5, 5.41) is 4.26. The first-order chi connectivity index (χ1) is 11.2. The first kappa shape index (κ1) is 15.3. The largest absolute Gasteiger partial charge is 0.361 e. The lowest BCUT2D eigenvalue weighted by atomic mass is 9.90. The van der Waals surface area contributed by atoms with E-state index in [1.54, 1.807) is 0 Å². The molecule has 3 rings (SSSR count). The third-order valence-electron chi connectivity index (χ3n) is 4.30. The van der Waals surface area contributed by atoms with Crippen LogP contribution in [0.5, 0.6) is 0 Å². The Kier molecular flexibility index (Phi) is 4.47. The summed E-state index contributed by atoms with van der Waals surface area (Å²) in [4.78, 5) is 15.1. The van der Waals surface area contributed by atoms with Crippen molar-refractivity contribution in [3.63, 3.8) is 0 Å². The molecule has 1 aromatic heterocycles. The Hall–Kier alpha value is -2.55. The Labute approximate surface area is 136 Å². The van der Waals surface area contributed by atoms with Crippen molar-refractivity contribution in [1.82, 2.24) is 10.3 Å². The topological polar surface area (TPSA) is 44.9 Å². The maximum Gasteiger partial charge on any atom is 0.219 e. The number of aromatic amines is 1. The van der Waals surface area contributed by atoms with Gasteiger partial charge in [0, 0.05) is 36.0 Å². The molecular formula is C20H22N2O. The number of amides is 1. The normalized spacial score (nSPS) is 12.3. The Morgan fingerprint density at radius 2 is 1.87 bits per heavy atom. The van der Waals surface area contributed by atoms with Crippen LogP contribution < -0.4 is 5.32 Å². The number of H-pyrrole nitrogens is 1. The van der Waals surface area contributed by atoms with E-state index >= 15 is 0 Å². The van der Waals surface area contributed by atoms with Crippen LogP contribution >= 0.6 is 0 Å². The molecule has 1 atom stereocenters. The number of fused-ring (bicyclic) bond motifs is 1. The van der Waals surface area contributed by atoms with Crippen LogP contribution in [0.4, 0.5) is 0 Å². The van der Waals surface area contributed by atoms with Gasteiger partial charge in [0.15, 0.2) is 0 Å². The highest BCUT2D eigenvalue weighted by molar-refractivity contribution is 5.84. The standard InChI is InChI=1S/C20H22N2O/c1-3-20(23)22-12-17(15-10-8-14(2)9-11-15)18-13-21-19-7-5-4-6-16(18)19/h4-11,13,17,21H,3,12H2,1-2H3,(H,22,23). The van der Waals surface area contributed by atoms with Gasteiger partial charge in [-0.1, -0.05) is 55.0 Å². The number of nitrogens with one attached hydrogen (secondary N) is 2. The molecule has 0 bridgehead atoms. The summed E-state index contributed by atoms with van der Waals surface area (Å²) in [6.45, 7) is 4.57. The van der Waals surface area contributed by atoms with Crippen molar-refractivity contribution in [2.24, 2.45) is 0 Å². The molecular weight excluding hydrogens is 284 g/mol. The van der Waals surface area contributed by atoms with Gasteiger partial charge in [-0.15, -0.1) is 0 Å². The summed E-state index contributed by atoms with van der Waals surface area (Å²) in [5.74, 6) is 0.226. The molecule has 0 saturated heterocycles. The monoisotopic (exact) mass is 306 g/mol.